The van der Waals surface area contributed by atoms with Crippen molar-refractivity contribution < 1.29 is 57.9 Å². The topological polar surface area (TPSA) is 180 Å². The van der Waals surface area contributed by atoms with E-state index in [1.807, 2.05) is 27.7 Å². The Morgan fingerprint density at radius 2 is 1.43 bits per heavy atom. The van der Waals surface area contributed by atoms with Gasteiger partial charge in [0, 0.05) is 23.7 Å². The summed E-state index contributed by atoms with van der Waals surface area (Å²) in [4.78, 5) is 71.3. The van der Waals surface area contributed by atoms with Crippen LogP contribution in [0.4, 0.5) is 0 Å². The molecule has 12 nitrogen and oxygen atoms in total. The van der Waals surface area contributed by atoms with Gasteiger partial charge in [-0.25, -0.2) is 0 Å². The highest BCUT2D eigenvalue weighted by molar-refractivity contribution is 6.02. The number of carbonyl (C=O) groups is 6. The molecule has 0 aromatic carbocycles. The molecule has 4 bridgehead atoms. The first-order valence-electron chi connectivity index (χ1n) is 14.8. The van der Waals surface area contributed by atoms with Crippen LogP contribution in [0.15, 0.2) is 0 Å². The summed E-state index contributed by atoms with van der Waals surface area (Å²) < 4.78 is 21.7. The van der Waals surface area contributed by atoms with Crippen LogP contribution in [0, 0.1) is 51.8 Å². The molecule has 4 aliphatic carbocycles. The molecule has 4 saturated carbocycles. The van der Waals surface area contributed by atoms with Gasteiger partial charge in [0.2, 0.25) is 0 Å². The molecule has 0 amide bonds. The maximum atomic E-state index is 12.3. The first kappa shape index (κ1) is 30.3. The Kier molecular flexibility index (Phi) is 7.17. The minimum atomic E-state index is -1.40. The van der Waals surface area contributed by atoms with Crippen molar-refractivity contribution in [3.05, 3.63) is 0 Å². The second kappa shape index (κ2) is 9.94. The number of rotatable bonds is 8. The summed E-state index contributed by atoms with van der Waals surface area (Å²) in [6, 6.07) is 0. The molecule has 0 radical (unpaired) electrons. The predicted molar refractivity (Wildman–Crippen MR) is 140 cm³/mol. The maximum absolute atomic E-state index is 12.3. The number of hydrogen-bond donors (Lipinski definition) is 2. The summed E-state index contributed by atoms with van der Waals surface area (Å²) in [7, 11) is 0. The van der Waals surface area contributed by atoms with Gasteiger partial charge in [-0.3, -0.25) is 28.8 Å². The van der Waals surface area contributed by atoms with Crippen molar-refractivity contribution in [1.82, 2.24) is 0 Å². The van der Waals surface area contributed by atoms with Crippen molar-refractivity contribution in [2.24, 2.45) is 51.8 Å². The third-order valence-corrected chi connectivity index (χ3v) is 11.1. The third-order valence-electron chi connectivity index (χ3n) is 11.1. The van der Waals surface area contributed by atoms with Crippen LogP contribution in [-0.4, -0.2) is 70.4 Å². The highest BCUT2D eigenvalue weighted by Gasteiger charge is 2.75. The van der Waals surface area contributed by atoms with E-state index < -0.39 is 76.4 Å². The van der Waals surface area contributed by atoms with Crippen LogP contribution in [0.3, 0.4) is 0 Å². The van der Waals surface area contributed by atoms with Crippen LogP contribution in [0.1, 0.15) is 73.6 Å². The molecule has 0 aromatic heterocycles. The second-order valence-corrected chi connectivity index (χ2v) is 14.0. The van der Waals surface area contributed by atoms with Gasteiger partial charge in [-0.05, 0) is 59.8 Å². The Bertz CT molecular complexity index is 1220. The number of fused-ring (bicyclic) bond motifs is 2. The maximum Gasteiger partial charge on any atom is 0.324 e. The lowest BCUT2D eigenvalue weighted by Gasteiger charge is -2.32. The highest BCUT2D eigenvalue weighted by Crippen LogP contribution is 2.63. The number of carbonyl (C=O) groups excluding carboxylic acids is 4. The van der Waals surface area contributed by atoms with E-state index in [0.29, 0.717) is 25.7 Å². The van der Waals surface area contributed by atoms with E-state index in [9.17, 15) is 39.0 Å². The Labute approximate surface area is 243 Å². The molecular formula is C30H40O12. The van der Waals surface area contributed by atoms with Gasteiger partial charge in [0.1, 0.15) is 24.4 Å². The zero-order valence-electron chi connectivity index (χ0n) is 24.8. The summed E-state index contributed by atoms with van der Waals surface area (Å²) in [6.45, 7) is 11.0. The van der Waals surface area contributed by atoms with Gasteiger partial charge in [0.15, 0.2) is 5.41 Å². The van der Waals surface area contributed by atoms with Gasteiger partial charge in [0.25, 0.3) is 0 Å². The van der Waals surface area contributed by atoms with Crippen molar-refractivity contribution in [3.63, 3.8) is 0 Å². The van der Waals surface area contributed by atoms with Crippen LogP contribution in [0.5, 0.6) is 0 Å². The molecule has 2 heterocycles. The minimum Gasteiger partial charge on any atom is -0.481 e. The molecule has 42 heavy (non-hydrogen) atoms. The van der Waals surface area contributed by atoms with Crippen LogP contribution in [0.25, 0.3) is 0 Å². The SMILES string of the molecule is CCC(C)(C)C(=O)OC1C2CC3C1OC(=O)C3(C(=O)O)C2.CCC(C)(C)C(=O)OC1C2CC3C1OC(=O)C3C2C(=O)O. The Balaban J connectivity index is 0.000000168. The number of aliphatic carboxylic acids is 2. The van der Waals surface area contributed by atoms with Gasteiger partial charge in [-0.1, -0.05) is 13.8 Å². The average Bonchev–Trinajstić information content (AvgIpc) is 3.72. The van der Waals surface area contributed by atoms with Gasteiger partial charge in [-0.15, -0.1) is 0 Å². The largest absolute Gasteiger partial charge is 0.481 e. The second-order valence-electron chi connectivity index (χ2n) is 14.0. The van der Waals surface area contributed by atoms with Crippen LogP contribution in [-0.2, 0) is 47.7 Å². The smallest absolute Gasteiger partial charge is 0.324 e. The number of hydrogen-bond acceptors (Lipinski definition) is 10. The van der Waals surface area contributed by atoms with Crippen molar-refractivity contribution >= 4 is 35.8 Å². The quantitative estimate of drug-likeness (QED) is 0.239. The molecule has 12 heteroatoms. The standard InChI is InChI=1S/2C15H20O6/c1-4-14(2,3)12(18)20-9-7-5-8-10(9)21-13(19)15(8,6-7)11(16)17;1-4-15(2,3)14(19)21-11-6-5-7-9(8(6)12(16)17)13(18)20-10(7)11/h7-10H,4-6H2,1-3H3,(H,16,17);6-11H,4-5H2,1-3H3,(H,16,17). The van der Waals surface area contributed by atoms with Gasteiger partial charge >= 0.3 is 35.8 Å². The number of carboxylic acids is 2. The lowest BCUT2D eigenvalue weighted by Crippen LogP contribution is -2.45. The molecule has 2 N–H and O–H groups in total. The average molecular weight is 593 g/mol. The Morgan fingerprint density at radius 1 is 0.857 bits per heavy atom. The highest BCUT2D eigenvalue weighted by atomic mass is 16.6. The van der Waals surface area contributed by atoms with E-state index in [0.717, 1.165) is 0 Å². The van der Waals surface area contributed by atoms with Gasteiger partial charge < -0.3 is 29.2 Å². The van der Waals surface area contributed by atoms with E-state index in [1.54, 1.807) is 13.8 Å². The fourth-order valence-electron chi connectivity index (χ4n) is 7.79. The molecule has 0 spiro atoms. The molecule has 232 valence electrons. The van der Waals surface area contributed by atoms with Gasteiger partial charge in [0.05, 0.1) is 22.7 Å². The molecule has 0 aromatic rings. The van der Waals surface area contributed by atoms with Crippen molar-refractivity contribution in [1.29, 1.82) is 0 Å². The van der Waals surface area contributed by atoms with Crippen molar-refractivity contribution in [2.75, 3.05) is 0 Å². The summed E-state index contributed by atoms with van der Waals surface area (Å²) >= 11 is 0. The van der Waals surface area contributed by atoms with Gasteiger partial charge in [-0.2, -0.15) is 0 Å². The van der Waals surface area contributed by atoms with E-state index in [2.05, 4.69) is 0 Å². The summed E-state index contributed by atoms with van der Waals surface area (Å²) in [5.41, 5.74) is -2.62. The van der Waals surface area contributed by atoms with E-state index in [4.69, 9.17) is 18.9 Å². The Morgan fingerprint density at radius 3 is 1.95 bits per heavy atom. The van der Waals surface area contributed by atoms with Crippen molar-refractivity contribution in [2.45, 2.75) is 98.1 Å². The first-order chi connectivity index (χ1) is 19.5. The van der Waals surface area contributed by atoms with Crippen LogP contribution in [0.2, 0.25) is 0 Å². The molecule has 6 fully saturated rings. The number of esters is 4. The number of carboxylic acid groups (broad SMARTS) is 2. The molecule has 6 aliphatic rings. The fraction of sp³-hybridized carbons (Fsp3) is 0.800. The van der Waals surface area contributed by atoms with E-state index in [-0.39, 0.29) is 42.0 Å². The first-order valence-corrected chi connectivity index (χ1v) is 14.8. The predicted octanol–water partition coefficient (Wildman–Crippen LogP) is 2.60. The molecule has 2 saturated heterocycles. The molecule has 11 unspecified atom stereocenters. The molecular weight excluding hydrogens is 552 g/mol. The molecule has 6 rings (SSSR count). The fourth-order valence-corrected chi connectivity index (χ4v) is 7.79. The van der Waals surface area contributed by atoms with Crippen LogP contribution >= 0.6 is 0 Å². The summed E-state index contributed by atoms with van der Waals surface area (Å²) in [5, 5.41) is 18.8. The lowest BCUT2D eigenvalue weighted by molar-refractivity contribution is -0.173. The minimum absolute atomic E-state index is 0.0980. The molecule has 2 aliphatic heterocycles. The lowest BCUT2D eigenvalue weighted by atomic mass is 9.73. The normalized spacial score (nSPS) is 40.2. The van der Waals surface area contributed by atoms with Crippen molar-refractivity contribution in [3.8, 4) is 0 Å². The zero-order chi connectivity index (χ0) is 31.1. The summed E-state index contributed by atoms with van der Waals surface area (Å²) in [6.07, 6.45) is 0.494. The third kappa shape index (κ3) is 4.22. The Hall–Kier alpha value is -3.18. The zero-order valence-corrected chi connectivity index (χ0v) is 24.8. The van der Waals surface area contributed by atoms with E-state index >= 15 is 0 Å². The molecule has 11 atom stereocenters. The number of ether oxygens (including phenoxy) is 4. The van der Waals surface area contributed by atoms with E-state index in [1.165, 1.54) is 0 Å². The summed E-state index contributed by atoms with van der Waals surface area (Å²) in [5.74, 6) is -6.14. The monoisotopic (exact) mass is 592 g/mol. The van der Waals surface area contributed by atoms with Crippen LogP contribution < -0.4 is 0 Å².